The molecule has 27 heavy (non-hydrogen) atoms. The summed E-state index contributed by atoms with van der Waals surface area (Å²) in [7, 11) is 1.56. The maximum Gasteiger partial charge on any atom is 0.357 e. The maximum atomic E-state index is 12.4. The van der Waals surface area contributed by atoms with Gasteiger partial charge in [-0.1, -0.05) is 0 Å². The van der Waals surface area contributed by atoms with E-state index in [2.05, 4.69) is 10.1 Å². The number of nitro groups is 1. The first-order chi connectivity index (χ1) is 13.0. The van der Waals surface area contributed by atoms with Crippen molar-refractivity contribution in [3.63, 3.8) is 0 Å². The molecular formula is C18H16N4O5. The maximum absolute atomic E-state index is 12.4. The van der Waals surface area contributed by atoms with E-state index in [-0.39, 0.29) is 23.8 Å². The lowest BCUT2D eigenvalue weighted by atomic mass is 10.1. The van der Waals surface area contributed by atoms with E-state index < -0.39 is 10.9 Å². The lowest BCUT2D eigenvalue weighted by Crippen LogP contribution is -2.14. The normalized spacial score (nSPS) is 10.4. The van der Waals surface area contributed by atoms with Crippen LogP contribution < -0.4 is 4.74 Å². The summed E-state index contributed by atoms with van der Waals surface area (Å²) in [6.07, 6.45) is 1.39. The topological polar surface area (TPSA) is 109 Å². The summed E-state index contributed by atoms with van der Waals surface area (Å²) in [5.41, 5.74) is 0.927. The van der Waals surface area contributed by atoms with Gasteiger partial charge >= 0.3 is 11.7 Å². The van der Waals surface area contributed by atoms with Crippen molar-refractivity contribution in [3.05, 3.63) is 64.5 Å². The predicted molar refractivity (Wildman–Crippen MR) is 96.0 cm³/mol. The molecule has 1 aromatic carbocycles. The Morgan fingerprint density at radius 2 is 2.00 bits per heavy atom. The summed E-state index contributed by atoms with van der Waals surface area (Å²) in [6, 6.07) is 11.3. The van der Waals surface area contributed by atoms with Crippen LogP contribution in [0.2, 0.25) is 0 Å². The molecule has 0 aliphatic rings. The highest BCUT2D eigenvalue weighted by Gasteiger charge is 2.25. The monoisotopic (exact) mass is 368 g/mol. The highest BCUT2D eigenvalue weighted by molar-refractivity contribution is 5.90. The van der Waals surface area contributed by atoms with Gasteiger partial charge in [-0.05, 0) is 43.3 Å². The first-order valence-electron chi connectivity index (χ1n) is 8.06. The number of nitrogens with zero attached hydrogens (tertiary/aromatic N) is 4. The van der Waals surface area contributed by atoms with E-state index in [9.17, 15) is 14.9 Å². The molecule has 0 bridgehead atoms. The van der Waals surface area contributed by atoms with E-state index in [1.54, 1.807) is 38.3 Å². The number of aromatic nitrogens is 3. The van der Waals surface area contributed by atoms with Crippen LogP contribution in [0, 0.1) is 10.1 Å². The van der Waals surface area contributed by atoms with Crippen LogP contribution in [0.3, 0.4) is 0 Å². The number of esters is 1. The van der Waals surface area contributed by atoms with E-state index in [0.29, 0.717) is 17.0 Å². The minimum Gasteiger partial charge on any atom is -0.497 e. The summed E-state index contributed by atoms with van der Waals surface area (Å²) in [5, 5.41) is 15.7. The Kier molecular flexibility index (Phi) is 5.11. The number of pyridine rings is 1. The highest BCUT2D eigenvalue weighted by atomic mass is 16.6. The molecule has 138 valence electrons. The zero-order valence-corrected chi connectivity index (χ0v) is 14.7. The summed E-state index contributed by atoms with van der Waals surface area (Å²) >= 11 is 0. The minimum atomic E-state index is -0.648. The predicted octanol–water partition coefficient (Wildman–Crippen LogP) is 3.03. The van der Waals surface area contributed by atoms with Crippen molar-refractivity contribution < 1.29 is 19.2 Å². The Labute approximate surface area is 154 Å². The number of carbonyl (C=O) groups is 1. The fourth-order valence-corrected chi connectivity index (χ4v) is 2.49. The molecule has 0 spiro atoms. The molecule has 0 aliphatic carbocycles. The summed E-state index contributed by atoms with van der Waals surface area (Å²) in [5.74, 6) is -0.0424. The molecule has 9 nitrogen and oxygen atoms in total. The number of methoxy groups -OCH3 is 1. The van der Waals surface area contributed by atoms with Gasteiger partial charge in [-0.2, -0.15) is 5.10 Å². The largest absolute Gasteiger partial charge is 0.497 e. The van der Waals surface area contributed by atoms with Gasteiger partial charge in [-0.25, -0.2) is 14.5 Å². The van der Waals surface area contributed by atoms with Gasteiger partial charge in [-0.3, -0.25) is 10.1 Å². The zero-order chi connectivity index (χ0) is 19.4. The molecule has 0 unspecified atom stereocenters. The Hall–Kier alpha value is -3.75. The fourth-order valence-electron chi connectivity index (χ4n) is 2.49. The number of ether oxygens (including phenoxy) is 2. The lowest BCUT2D eigenvalue weighted by molar-refractivity contribution is -0.384. The lowest BCUT2D eigenvalue weighted by Gasteiger charge is -2.06. The van der Waals surface area contributed by atoms with Crippen LogP contribution in [0.25, 0.3) is 17.1 Å². The molecule has 0 fully saturated rings. The second-order valence-corrected chi connectivity index (χ2v) is 5.38. The van der Waals surface area contributed by atoms with Gasteiger partial charge in [0.15, 0.2) is 5.69 Å². The first kappa shape index (κ1) is 18.1. The van der Waals surface area contributed by atoms with Crippen LogP contribution in [0.5, 0.6) is 5.75 Å². The van der Waals surface area contributed by atoms with Crippen LogP contribution in [0.4, 0.5) is 5.69 Å². The van der Waals surface area contributed by atoms with Crippen molar-refractivity contribution in [2.24, 2.45) is 0 Å². The Bertz CT molecular complexity index is 982. The van der Waals surface area contributed by atoms with Crippen LogP contribution in [0.15, 0.2) is 48.7 Å². The molecule has 0 amide bonds. The molecule has 0 N–H and O–H groups in total. The second kappa shape index (κ2) is 7.65. The van der Waals surface area contributed by atoms with E-state index in [1.165, 1.54) is 24.4 Å². The van der Waals surface area contributed by atoms with E-state index in [4.69, 9.17) is 9.47 Å². The fraction of sp³-hybridized carbons (Fsp3) is 0.167. The molecule has 0 saturated heterocycles. The van der Waals surface area contributed by atoms with Crippen molar-refractivity contribution in [2.75, 3.05) is 13.7 Å². The minimum absolute atomic E-state index is 0.0458. The van der Waals surface area contributed by atoms with Gasteiger partial charge in [0.05, 0.1) is 24.3 Å². The SMILES string of the molecule is CCOC(=O)c1cc(-c2ccc(OC)cc2)nn1-c1ncccc1[N+](=O)[O-]. The van der Waals surface area contributed by atoms with E-state index in [1.807, 2.05) is 0 Å². The molecule has 9 heteroatoms. The Morgan fingerprint density at radius 1 is 1.26 bits per heavy atom. The number of hydrogen-bond donors (Lipinski definition) is 0. The molecule has 2 heterocycles. The summed E-state index contributed by atoms with van der Waals surface area (Å²) < 4.78 is 11.3. The third-order valence-electron chi connectivity index (χ3n) is 3.74. The van der Waals surface area contributed by atoms with Crippen molar-refractivity contribution in [3.8, 4) is 22.8 Å². The summed E-state index contributed by atoms with van der Waals surface area (Å²) in [6.45, 7) is 1.83. The first-order valence-corrected chi connectivity index (χ1v) is 8.06. The van der Waals surface area contributed by atoms with Gasteiger partial charge in [0.2, 0.25) is 5.82 Å². The second-order valence-electron chi connectivity index (χ2n) is 5.38. The molecule has 3 aromatic rings. The third kappa shape index (κ3) is 3.61. The third-order valence-corrected chi connectivity index (χ3v) is 3.74. The molecule has 0 radical (unpaired) electrons. The number of rotatable bonds is 6. The van der Waals surface area contributed by atoms with Gasteiger partial charge in [-0.15, -0.1) is 0 Å². The quantitative estimate of drug-likeness (QED) is 0.374. The zero-order valence-electron chi connectivity index (χ0n) is 14.7. The number of hydrogen-bond acceptors (Lipinski definition) is 7. The molecule has 0 aliphatic heterocycles. The van der Waals surface area contributed by atoms with Crippen molar-refractivity contribution >= 4 is 11.7 Å². The van der Waals surface area contributed by atoms with E-state index >= 15 is 0 Å². The van der Waals surface area contributed by atoms with Crippen LogP contribution in [-0.4, -0.2) is 39.4 Å². The standard InChI is InChI=1S/C18H16N4O5/c1-3-27-18(23)16-11-14(12-6-8-13(26-2)9-7-12)20-21(16)17-15(22(24)25)5-4-10-19-17/h4-11H,3H2,1-2H3. The van der Waals surface area contributed by atoms with Gasteiger partial charge in [0.1, 0.15) is 5.75 Å². The van der Waals surface area contributed by atoms with E-state index in [0.717, 1.165) is 4.68 Å². The molecule has 3 rings (SSSR count). The van der Waals surface area contributed by atoms with Gasteiger partial charge in [0.25, 0.3) is 0 Å². The van der Waals surface area contributed by atoms with Gasteiger partial charge in [0, 0.05) is 17.8 Å². The van der Waals surface area contributed by atoms with Crippen molar-refractivity contribution in [1.29, 1.82) is 0 Å². The van der Waals surface area contributed by atoms with Crippen LogP contribution >= 0.6 is 0 Å². The highest BCUT2D eigenvalue weighted by Crippen LogP contribution is 2.27. The van der Waals surface area contributed by atoms with Crippen molar-refractivity contribution in [2.45, 2.75) is 6.92 Å². The van der Waals surface area contributed by atoms with Gasteiger partial charge < -0.3 is 9.47 Å². The molecule has 0 saturated carbocycles. The average Bonchev–Trinajstić information content (AvgIpc) is 3.13. The average molecular weight is 368 g/mol. The van der Waals surface area contributed by atoms with Crippen LogP contribution in [0.1, 0.15) is 17.4 Å². The number of carbonyl (C=O) groups excluding carboxylic acids is 1. The molecule has 0 atom stereocenters. The smallest absolute Gasteiger partial charge is 0.357 e. The summed E-state index contributed by atoms with van der Waals surface area (Å²) in [4.78, 5) is 27.2. The Balaban J connectivity index is 2.16. The van der Waals surface area contributed by atoms with Crippen LogP contribution in [-0.2, 0) is 4.74 Å². The Morgan fingerprint density at radius 3 is 2.63 bits per heavy atom. The molecule has 2 aromatic heterocycles. The molecular weight excluding hydrogens is 352 g/mol. The van der Waals surface area contributed by atoms with Crippen molar-refractivity contribution in [1.82, 2.24) is 14.8 Å². The number of benzene rings is 1.